The first-order chi connectivity index (χ1) is 7.33. The Morgan fingerprint density at radius 1 is 1.27 bits per heavy atom. The number of hydrogen-bond acceptors (Lipinski definition) is 3. The summed E-state index contributed by atoms with van der Waals surface area (Å²) in [5.74, 6) is 1.78. The van der Waals surface area contributed by atoms with Crippen LogP contribution in [0.5, 0.6) is 0 Å². The molecule has 0 aliphatic heterocycles. The number of hydrogen-bond donors (Lipinski definition) is 0. The maximum Gasteiger partial charge on any atom is 0.306 e. The number of carbonyl (C=O) groups is 1. The van der Waals surface area contributed by atoms with Crippen molar-refractivity contribution in [2.75, 3.05) is 18.6 Å². The van der Waals surface area contributed by atoms with E-state index in [1.165, 1.54) is 12.7 Å². The lowest BCUT2D eigenvalue weighted by atomic mass is 10.2. The fourth-order valence-corrected chi connectivity index (χ4v) is 2.09. The number of thioether (sulfide) groups is 1. The Kier molecular flexibility index (Phi) is 5.93. The third-order valence-electron chi connectivity index (χ3n) is 2.06. The molecule has 3 heteroatoms. The van der Waals surface area contributed by atoms with Gasteiger partial charge in [0.25, 0.3) is 0 Å². The molecule has 0 amide bonds. The molecule has 1 aromatic carbocycles. The highest BCUT2D eigenvalue weighted by Gasteiger charge is 1.99. The number of methoxy groups -OCH3 is 1. The summed E-state index contributed by atoms with van der Waals surface area (Å²) in [6.45, 7) is 0. The van der Waals surface area contributed by atoms with Crippen molar-refractivity contribution < 1.29 is 9.53 Å². The van der Waals surface area contributed by atoms with Crippen LogP contribution in [0.4, 0.5) is 0 Å². The van der Waals surface area contributed by atoms with Gasteiger partial charge in [-0.1, -0.05) is 30.3 Å². The van der Waals surface area contributed by atoms with Crippen LogP contribution >= 0.6 is 11.8 Å². The van der Waals surface area contributed by atoms with Crippen molar-refractivity contribution >= 4 is 17.7 Å². The van der Waals surface area contributed by atoms with E-state index in [2.05, 4.69) is 29.0 Å². The summed E-state index contributed by atoms with van der Waals surface area (Å²) in [5, 5.41) is 0. The van der Waals surface area contributed by atoms with Gasteiger partial charge in [-0.2, -0.15) is 11.8 Å². The monoisotopic (exact) mass is 224 g/mol. The predicted molar refractivity (Wildman–Crippen MR) is 64.1 cm³/mol. The van der Waals surface area contributed by atoms with Crippen molar-refractivity contribution in [3.05, 3.63) is 35.9 Å². The van der Waals surface area contributed by atoms with E-state index in [9.17, 15) is 4.79 Å². The number of ether oxygens (including phenoxy) is 1. The van der Waals surface area contributed by atoms with Gasteiger partial charge in [-0.25, -0.2) is 0 Å². The van der Waals surface area contributed by atoms with E-state index in [-0.39, 0.29) is 5.97 Å². The van der Waals surface area contributed by atoms with Gasteiger partial charge < -0.3 is 4.74 Å². The minimum Gasteiger partial charge on any atom is -0.469 e. The summed E-state index contributed by atoms with van der Waals surface area (Å²) in [7, 11) is 1.43. The van der Waals surface area contributed by atoms with Crippen LogP contribution in [-0.2, 0) is 16.0 Å². The van der Waals surface area contributed by atoms with Gasteiger partial charge in [0, 0.05) is 5.75 Å². The van der Waals surface area contributed by atoms with E-state index in [0.29, 0.717) is 6.42 Å². The second-order valence-corrected chi connectivity index (χ2v) is 4.40. The Balaban J connectivity index is 2.05. The molecule has 0 aliphatic rings. The average molecular weight is 224 g/mol. The molecule has 1 rings (SSSR count). The fraction of sp³-hybridized carbons (Fsp3) is 0.417. The lowest BCUT2D eigenvalue weighted by Gasteiger charge is -2.01. The van der Waals surface area contributed by atoms with Crippen molar-refractivity contribution in [2.24, 2.45) is 0 Å². The molecule has 0 bridgehead atoms. The topological polar surface area (TPSA) is 26.3 Å². The Morgan fingerprint density at radius 2 is 2.00 bits per heavy atom. The van der Waals surface area contributed by atoms with E-state index in [1.807, 2.05) is 6.07 Å². The smallest absolute Gasteiger partial charge is 0.306 e. The second-order valence-electron chi connectivity index (χ2n) is 3.17. The van der Waals surface area contributed by atoms with Crippen LogP contribution in [0.3, 0.4) is 0 Å². The van der Waals surface area contributed by atoms with Gasteiger partial charge in [-0.05, 0) is 17.7 Å². The summed E-state index contributed by atoms with van der Waals surface area (Å²) in [6.07, 6.45) is 1.57. The maximum atomic E-state index is 10.8. The molecule has 0 radical (unpaired) electrons. The van der Waals surface area contributed by atoms with Gasteiger partial charge in [0.2, 0.25) is 0 Å². The van der Waals surface area contributed by atoms with E-state index in [1.54, 1.807) is 11.8 Å². The zero-order valence-electron chi connectivity index (χ0n) is 8.94. The number of aryl methyl sites for hydroxylation is 1. The Hall–Kier alpha value is -0.960. The Labute approximate surface area is 95.0 Å². The van der Waals surface area contributed by atoms with E-state index in [0.717, 1.165) is 17.9 Å². The lowest BCUT2D eigenvalue weighted by molar-refractivity contribution is -0.140. The van der Waals surface area contributed by atoms with Crippen LogP contribution in [0.1, 0.15) is 12.0 Å². The quantitative estimate of drug-likeness (QED) is 0.548. The molecule has 0 fully saturated rings. The largest absolute Gasteiger partial charge is 0.469 e. The van der Waals surface area contributed by atoms with Gasteiger partial charge in [-0.15, -0.1) is 0 Å². The number of carbonyl (C=O) groups excluding carboxylic acids is 1. The molecular formula is C12H16O2S. The third-order valence-corrected chi connectivity index (χ3v) is 3.04. The second kappa shape index (κ2) is 7.35. The van der Waals surface area contributed by atoms with Crippen LogP contribution in [0.25, 0.3) is 0 Å². The first-order valence-corrected chi connectivity index (χ1v) is 6.17. The number of esters is 1. The van der Waals surface area contributed by atoms with Crippen LogP contribution in [0.15, 0.2) is 30.3 Å². The molecule has 0 aliphatic carbocycles. The number of benzene rings is 1. The van der Waals surface area contributed by atoms with Crippen LogP contribution in [-0.4, -0.2) is 24.6 Å². The molecule has 0 aromatic heterocycles. The van der Waals surface area contributed by atoms with Crippen molar-refractivity contribution in [1.82, 2.24) is 0 Å². The zero-order valence-corrected chi connectivity index (χ0v) is 9.76. The van der Waals surface area contributed by atoms with Gasteiger partial charge in [0.05, 0.1) is 13.5 Å². The van der Waals surface area contributed by atoms with Gasteiger partial charge >= 0.3 is 5.97 Å². The zero-order chi connectivity index (χ0) is 10.9. The van der Waals surface area contributed by atoms with Crippen LogP contribution in [0, 0.1) is 0 Å². The molecule has 0 atom stereocenters. The van der Waals surface area contributed by atoms with Crippen molar-refractivity contribution in [1.29, 1.82) is 0 Å². The summed E-state index contributed by atoms with van der Waals surface area (Å²) in [6, 6.07) is 10.4. The molecule has 1 aromatic rings. The Morgan fingerprint density at radius 3 is 2.67 bits per heavy atom. The molecule has 0 spiro atoms. The normalized spacial score (nSPS) is 9.93. The van der Waals surface area contributed by atoms with Crippen molar-refractivity contribution in [3.8, 4) is 0 Å². The summed E-state index contributed by atoms with van der Waals surface area (Å²) < 4.78 is 4.56. The molecule has 0 saturated heterocycles. The molecule has 0 N–H and O–H groups in total. The fourth-order valence-electron chi connectivity index (χ4n) is 1.19. The minimum atomic E-state index is -0.123. The van der Waals surface area contributed by atoms with Gasteiger partial charge in [-0.3, -0.25) is 4.79 Å². The standard InChI is InChI=1S/C12H16O2S/c1-14-12(13)8-10-15-9-7-11-5-3-2-4-6-11/h2-6H,7-10H2,1H3. The molecular weight excluding hydrogens is 208 g/mol. The minimum absolute atomic E-state index is 0.123. The first kappa shape index (κ1) is 12.1. The highest BCUT2D eigenvalue weighted by Crippen LogP contribution is 2.08. The average Bonchev–Trinajstić information content (AvgIpc) is 2.29. The first-order valence-electron chi connectivity index (χ1n) is 5.01. The van der Waals surface area contributed by atoms with Crippen LogP contribution < -0.4 is 0 Å². The highest BCUT2D eigenvalue weighted by atomic mass is 32.2. The molecule has 0 unspecified atom stereocenters. The predicted octanol–water partition coefficient (Wildman–Crippen LogP) is 2.53. The van der Waals surface area contributed by atoms with E-state index in [4.69, 9.17) is 0 Å². The summed E-state index contributed by atoms with van der Waals surface area (Å²) >= 11 is 1.79. The maximum absolute atomic E-state index is 10.8. The summed E-state index contributed by atoms with van der Waals surface area (Å²) in [5.41, 5.74) is 1.35. The third kappa shape index (κ3) is 5.47. The SMILES string of the molecule is COC(=O)CCSCCc1ccccc1. The summed E-state index contributed by atoms with van der Waals surface area (Å²) in [4.78, 5) is 10.8. The van der Waals surface area contributed by atoms with Gasteiger partial charge in [0.1, 0.15) is 0 Å². The lowest BCUT2D eigenvalue weighted by Crippen LogP contribution is -2.01. The van der Waals surface area contributed by atoms with Crippen molar-refractivity contribution in [3.63, 3.8) is 0 Å². The molecule has 2 nitrogen and oxygen atoms in total. The molecule has 15 heavy (non-hydrogen) atoms. The molecule has 0 saturated carbocycles. The Bertz CT molecular complexity index is 285. The number of rotatable bonds is 6. The van der Waals surface area contributed by atoms with E-state index < -0.39 is 0 Å². The molecule has 0 heterocycles. The van der Waals surface area contributed by atoms with Crippen LogP contribution in [0.2, 0.25) is 0 Å². The van der Waals surface area contributed by atoms with E-state index >= 15 is 0 Å². The highest BCUT2D eigenvalue weighted by molar-refractivity contribution is 7.99. The van der Waals surface area contributed by atoms with Gasteiger partial charge in [0.15, 0.2) is 0 Å². The van der Waals surface area contributed by atoms with Crippen molar-refractivity contribution in [2.45, 2.75) is 12.8 Å². The molecule has 82 valence electrons.